The number of carbonyl (C=O) groups excluding carboxylic acids is 4. The third-order valence-electron chi connectivity index (χ3n) is 4.19. The van der Waals surface area contributed by atoms with E-state index in [1.807, 2.05) is 0 Å². The Labute approximate surface area is 178 Å². The molecule has 1 aromatic heterocycles. The number of benzene rings is 1. The molecule has 3 rings (SSSR count). The number of anilines is 3. The summed E-state index contributed by atoms with van der Waals surface area (Å²) in [6.07, 6.45) is -5.94. The van der Waals surface area contributed by atoms with E-state index in [0.29, 0.717) is 5.00 Å². The molecule has 1 unspecified atom stereocenters. The maximum atomic E-state index is 12.9. The molecule has 2 aromatic rings. The van der Waals surface area contributed by atoms with Gasteiger partial charge in [0.2, 0.25) is 11.8 Å². The molecule has 1 aliphatic heterocycles. The minimum absolute atomic E-state index is 0.0598. The smallest absolute Gasteiger partial charge is 0.416 e. The van der Waals surface area contributed by atoms with Gasteiger partial charge in [-0.05, 0) is 37.3 Å². The lowest BCUT2D eigenvalue weighted by atomic mass is 10.1. The lowest BCUT2D eigenvalue weighted by Crippen LogP contribution is -2.47. The first-order chi connectivity index (χ1) is 14.5. The molecule has 0 spiro atoms. The highest BCUT2D eigenvalue weighted by molar-refractivity contribution is 7.18. The van der Waals surface area contributed by atoms with Crippen molar-refractivity contribution in [2.75, 3.05) is 22.1 Å². The summed E-state index contributed by atoms with van der Waals surface area (Å²) >= 11 is 0.949. The number of alkyl halides is 3. The van der Waals surface area contributed by atoms with Crippen molar-refractivity contribution in [1.82, 2.24) is 0 Å². The molecule has 31 heavy (non-hydrogen) atoms. The zero-order valence-electron chi connectivity index (χ0n) is 16.2. The van der Waals surface area contributed by atoms with Crippen LogP contribution in [0.25, 0.3) is 0 Å². The molecule has 0 bridgehead atoms. The van der Waals surface area contributed by atoms with Crippen molar-refractivity contribution in [3.63, 3.8) is 0 Å². The number of nitrogens with zero attached hydrogens (tertiary/aromatic N) is 1. The van der Waals surface area contributed by atoms with E-state index in [1.165, 1.54) is 26.0 Å². The SMILES string of the molecule is CC(=O)Nc1ccc(C(=O)OC(C)C(=O)N2CC(=O)Nc3cc(C(F)(F)F)ccc32)s1. The zero-order chi connectivity index (χ0) is 22.9. The van der Waals surface area contributed by atoms with Gasteiger partial charge in [-0.25, -0.2) is 4.79 Å². The molecule has 0 aliphatic carbocycles. The van der Waals surface area contributed by atoms with Crippen molar-refractivity contribution in [3.8, 4) is 0 Å². The van der Waals surface area contributed by atoms with E-state index >= 15 is 0 Å². The molecule has 2 heterocycles. The third kappa shape index (κ3) is 5.02. The highest BCUT2D eigenvalue weighted by Gasteiger charge is 2.35. The van der Waals surface area contributed by atoms with Crippen LogP contribution in [0.3, 0.4) is 0 Å². The number of thiophene rings is 1. The summed E-state index contributed by atoms with van der Waals surface area (Å²) in [5.41, 5.74) is -1.09. The van der Waals surface area contributed by atoms with Gasteiger partial charge in [0, 0.05) is 6.92 Å². The van der Waals surface area contributed by atoms with Crippen LogP contribution in [0.1, 0.15) is 29.1 Å². The van der Waals surface area contributed by atoms with E-state index in [-0.39, 0.29) is 22.2 Å². The van der Waals surface area contributed by atoms with Gasteiger partial charge in [-0.15, -0.1) is 11.3 Å². The molecule has 1 aliphatic rings. The molecule has 1 aromatic carbocycles. The van der Waals surface area contributed by atoms with E-state index in [0.717, 1.165) is 34.4 Å². The molecule has 2 N–H and O–H groups in total. The molecule has 164 valence electrons. The first-order valence-electron chi connectivity index (χ1n) is 8.86. The second kappa shape index (κ2) is 8.38. The van der Waals surface area contributed by atoms with Crippen LogP contribution < -0.4 is 15.5 Å². The molecule has 0 saturated carbocycles. The Bertz CT molecular complexity index is 1070. The molecule has 12 heteroatoms. The molecular weight excluding hydrogens is 439 g/mol. The highest BCUT2D eigenvalue weighted by atomic mass is 32.1. The second-order valence-electron chi connectivity index (χ2n) is 6.59. The fraction of sp³-hybridized carbons (Fsp3) is 0.263. The largest absolute Gasteiger partial charge is 0.448 e. The van der Waals surface area contributed by atoms with Crippen LogP contribution in [0, 0.1) is 0 Å². The summed E-state index contributed by atoms with van der Waals surface area (Å²) in [5.74, 6) is -2.60. The quantitative estimate of drug-likeness (QED) is 0.689. The van der Waals surface area contributed by atoms with E-state index in [9.17, 15) is 32.3 Å². The van der Waals surface area contributed by atoms with Crippen LogP contribution in [0.2, 0.25) is 0 Å². The second-order valence-corrected chi connectivity index (χ2v) is 7.68. The summed E-state index contributed by atoms with van der Waals surface area (Å²) in [6, 6.07) is 5.51. The normalized spacial score (nSPS) is 14.4. The van der Waals surface area contributed by atoms with Gasteiger partial charge in [-0.2, -0.15) is 13.2 Å². The van der Waals surface area contributed by atoms with E-state index in [2.05, 4.69) is 10.6 Å². The number of carbonyl (C=O) groups is 4. The van der Waals surface area contributed by atoms with Crippen molar-refractivity contribution in [3.05, 3.63) is 40.8 Å². The number of amides is 3. The fourth-order valence-electron chi connectivity index (χ4n) is 2.84. The maximum absolute atomic E-state index is 12.9. The number of esters is 1. The standard InChI is InChI=1S/C19H16F3N3O5S/c1-9(30-18(29)14-5-6-16(31-14)23-10(2)26)17(28)25-8-15(27)24-12-7-11(19(20,21)22)3-4-13(12)25/h3-7,9H,8H2,1-2H3,(H,23,26)(H,24,27). The number of hydrogen-bond donors (Lipinski definition) is 2. The Balaban J connectivity index is 1.76. The molecule has 3 amide bonds. The number of nitrogens with one attached hydrogen (secondary N) is 2. The molecule has 0 fully saturated rings. The van der Waals surface area contributed by atoms with Crippen LogP contribution in [0.5, 0.6) is 0 Å². The van der Waals surface area contributed by atoms with Gasteiger partial charge >= 0.3 is 12.1 Å². The van der Waals surface area contributed by atoms with Gasteiger partial charge in [-0.1, -0.05) is 0 Å². The van der Waals surface area contributed by atoms with Crippen LogP contribution in [-0.2, 0) is 25.3 Å². The zero-order valence-corrected chi connectivity index (χ0v) is 17.0. The summed E-state index contributed by atoms with van der Waals surface area (Å²) in [4.78, 5) is 49.2. The van der Waals surface area contributed by atoms with Crippen molar-refractivity contribution in [2.45, 2.75) is 26.1 Å². The fourth-order valence-corrected chi connectivity index (χ4v) is 3.68. The Morgan fingerprint density at radius 1 is 1.23 bits per heavy atom. The minimum Gasteiger partial charge on any atom is -0.448 e. The predicted octanol–water partition coefficient (Wildman–Crippen LogP) is 3.26. The Morgan fingerprint density at radius 2 is 1.94 bits per heavy atom. The number of ether oxygens (including phenoxy) is 1. The van der Waals surface area contributed by atoms with Crippen LogP contribution in [-0.4, -0.2) is 36.3 Å². The van der Waals surface area contributed by atoms with E-state index < -0.39 is 42.2 Å². The van der Waals surface area contributed by atoms with Crippen molar-refractivity contribution in [1.29, 1.82) is 0 Å². The van der Waals surface area contributed by atoms with Crippen LogP contribution in [0.15, 0.2) is 30.3 Å². The minimum atomic E-state index is -4.62. The molecule has 0 radical (unpaired) electrons. The van der Waals surface area contributed by atoms with Gasteiger partial charge < -0.3 is 15.4 Å². The molecule has 8 nitrogen and oxygen atoms in total. The van der Waals surface area contributed by atoms with Gasteiger partial charge in [0.05, 0.1) is 21.9 Å². The van der Waals surface area contributed by atoms with Gasteiger partial charge in [0.15, 0.2) is 6.10 Å². The van der Waals surface area contributed by atoms with Crippen LogP contribution in [0.4, 0.5) is 29.5 Å². The molecular formula is C19H16F3N3O5S. The maximum Gasteiger partial charge on any atom is 0.416 e. The molecule has 0 saturated heterocycles. The van der Waals surface area contributed by atoms with Gasteiger partial charge in [0.25, 0.3) is 5.91 Å². The number of rotatable bonds is 4. The summed E-state index contributed by atoms with van der Waals surface area (Å²) in [5, 5.41) is 5.24. The molecule has 1 atom stereocenters. The third-order valence-corrected chi connectivity index (χ3v) is 5.18. The van der Waals surface area contributed by atoms with Gasteiger partial charge in [-0.3, -0.25) is 19.3 Å². The van der Waals surface area contributed by atoms with Crippen molar-refractivity contribution < 1.29 is 37.1 Å². The average Bonchev–Trinajstić information content (AvgIpc) is 3.13. The number of halogens is 3. The first kappa shape index (κ1) is 22.3. The van der Waals surface area contributed by atoms with E-state index in [4.69, 9.17) is 4.74 Å². The Hall–Kier alpha value is -3.41. The summed E-state index contributed by atoms with van der Waals surface area (Å²) < 4.78 is 44.0. The summed E-state index contributed by atoms with van der Waals surface area (Å²) in [7, 11) is 0. The van der Waals surface area contributed by atoms with Crippen molar-refractivity contribution in [2.24, 2.45) is 0 Å². The highest BCUT2D eigenvalue weighted by Crippen LogP contribution is 2.37. The predicted molar refractivity (Wildman–Crippen MR) is 106 cm³/mol. The number of hydrogen-bond acceptors (Lipinski definition) is 6. The Kier molecular flexibility index (Phi) is 6.02. The topological polar surface area (TPSA) is 105 Å². The monoisotopic (exact) mass is 455 g/mol. The lowest BCUT2D eigenvalue weighted by molar-refractivity contribution is -0.137. The van der Waals surface area contributed by atoms with Crippen LogP contribution >= 0.6 is 11.3 Å². The van der Waals surface area contributed by atoms with Gasteiger partial charge in [0.1, 0.15) is 11.4 Å². The lowest BCUT2D eigenvalue weighted by Gasteiger charge is -2.31. The van der Waals surface area contributed by atoms with Crippen molar-refractivity contribution >= 4 is 51.4 Å². The average molecular weight is 455 g/mol. The summed E-state index contributed by atoms with van der Waals surface area (Å²) in [6.45, 7) is 2.16. The Morgan fingerprint density at radius 3 is 2.58 bits per heavy atom. The first-order valence-corrected chi connectivity index (χ1v) is 9.68. The number of fused-ring (bicyclic) bond motifs is 1. The van der Waals surface area contributed by atoms with E-state index in [1.54, 1.807) is 0 Å².